The van der Waals surface area contributed by atoms with Crippen molar-refractivity contribution in [3.8, 4) is 6.07 Å². The molecule has 1 aromatic carbocycles. The number of allylic oxidation sites excluding steroid dienone is 5. The van der Waals surface area contributed by atoms with Crippen molar-refractivity contribution in [1.82, 2.24) is 0 Å². The monoisotopic (exact) mass is 210 g/mol. The van der Waals surface area contributed by atoms with E-state index in [1.165, 1.54) is 0 Å². The highest BCUT2D eigenvalue weighted by Gasteiger charge is 1.86. The van der Waals surface area contributed by atoms with Crippen LogP contribution in [0, 0.1) is 11.3 Å². The van der Waals surface area contributed by atoms with E-state index in [4.69, 9.17) is 11.0 Å². The molecule has 2 heteroatoms. The Morgan fingerprint density at radius 3 is 2.56 bits per heavy atom. The second kappa shape index (κ2) is 6.26. The van der Waals surface area contributed by atoms with Gasteiger partial charge in [-0.2, -0.15) is 5.26 Å². The van der Waals surface area contributed by atoms with Crippen LogP contribution in [0.25, 0.3) is 6.08 Å². The summed E-state index contributed by atoms with van der Waals surface area (Å²) in [7, 11) is 0. The van der Waals surface area contributed by atoms with E-state index in [1.807, 2.05) is 49.4 Å². The van der Waals surface area contributed by atoms with E-state index in [-0.39, 0.29) is 0 Å². The molecule has 0 amide bonds. The van der Waals surface area contributed by atoms with Gasteiger partial charge in [-0.15, -0.1) is 0 Å². The lowest BCUT2D eigenvalue weighted by molar-refractivity contribution is 1.49. The van der Waals surface area contributed by atoms with E-state index >= 15 is 0 Å². The summed E-state index contributed by atoms with van der Waals surface area (Å²) in [4.78, 5) is 0. The molecule has 2 N–H and O–H groups in total. The van der Waals surface area contributed by atoms with Crippen LogP contribution in [0.3, 0.4) is 0 Å². The summed E-state index contributed by atoms with van der Waals surface area (Å²) in [5.74, 6) is 0. The molecule has 0 saturated carbocycles. The number of anilines is 1. The SMILES string of the molecule is C\C=C/C(C#N)=C\C=C\c1ccc(N)cc1. The Labute approximate surface area is 96.0 Å². The lowest BCUT2D eigenvalue weighted by atomic mass is 10.2. The molecule has 0 aliphatic heterocycles. The number of nitrogen functional groups attached to an aromatic ring is 1. The molecule has 0 atom stereocenters. The second-order valence-corrected chi connectivity index (χ2v) is 3.26. The maximum atomic E-state index is 8.77. The van der Waals surface area contributed by atoms with Gasteiger partial charge in [0, 0.05) is 5.69 Å². The van der Waals surface area contributed by atoms with Crippen molar-refractivity contribution < 1.29 is 0 Å². The lowest BCUT2D eigenvalue weighted by Gasteiger charge is -1.93. The fourth-order valence-corrected chi connectivity index (χ4v) is 1.18. The van der Waals surface area contributed by atoms with Crippen molar-refractivity contribution >= 4 is 11.8 Å². The fraction of sp³-hybridized carbons (Fsp3) is 0.0714. The number of nitriles is 1. The summed E-state index contributed by atoms with van der Waals surface area (Å²) in [5.41, 5.74) is 8.02. The number of benzene rings is 1. The van der Waals surface area contributed by atoms with E-state index in [2.05, 4.69) is 6.07 Å². The van der Waals surface area contributed by atoms with Crippen molar-refractivity contribution in [1.29, 1.82) is 5.26 Å². The minimum Gasteiger partial charge on any atom is -0.399 e. The molecule has 1 rings (SSSR count). The standard InChI is InChI=1S/C14H14N2/c1-2-4-13(11-15)6-3-5-12-7-9-14(16)10-8-12/h2-10H,16H2,1H3/b4-2-,5-3+,13-6+. The molecule has 0 spiro atoms. The smallest absolute Gasteiger partial charge is 0.0991 e. The van der Waals surface area contributed by atoms with Gasteiger partial charge in [0.05, 0.1) is 11.6 Å². The quantitative estimate of drug-likeness (QED) is 0.472. The van der Waals surface area contributed by atoms with Crippen molar-refractivity contribution in [3.63, 3.8) is 0 Å². The molecule has 0 radical (unpaired) electrons. The molecule has 0 saturated heterocycles. The Hall–Kier alpha value is -2.27. The van der Waals surface area contributed by atoms with Gasteiger partial charge in [0.15, 0.2) is 0 Å². The molecule has 0 heterocycles. The van der Waals surface area contributed by atoms with Crippen LogP contribution in [0.4, 0.5) is 5.69 Å². The third kappa shape index (κ3) is 3.85. The van der Waals surface area contributed by atoms with E-state index in [0.717, 1.165) is 11.3 Å². The highest BCUT2D eigenvalue weighted by Crippen LogP contribution is 2.07. The molecule has 0 aromatic heterocycles. The van der Waals surface area contributed by atoms with Crippen LogP contribution < -0.4 is 5.73 Å². The summed E-state index contributed by atoms with van der Waals surface area (Å²) in [6.45, 7) is 1.88. The number of nitrogens with two attached hydrogens (primary N) is 1. The number of nitrogens with zero attached hydrogens (tertiary/aromatic N) is 1. The van der Waals surface area contributed by atoms with Gasteiger partial charge in [-0.1, -0.05) is 30.4 Å². The van der Waals surface area contributed by atoms with E-state index < -0.39 is 0 Å². The Kier molecular flexibility index (Phi) is 4.62. The number of rotatable bonds is 3. The molecule has 0 fully saturated rings. The summed E-state index contributed by atoms with van der Waals surface area (Å²) in [6.07, 6.45) is 9.17. The summed E-state index contributed by atoms with van der Waals surface area (Å²) < 4.78 is 0. The number of hydrogen-bond acceptors (Lipinski definition) is 2. The Bertz CT molecular complexity index is 457. The minimum atomic E-state index is 0.634. The van der Waals surface area contributed by atoms with Gasteiger partial charge in [0.1, 0.15) is 0 Å². The first-order chi connectivity index (χ1) is 7.76. The highest BCUT2D eigenvalue weighted by molar-refractivity contribution is 5.55. The Morgan fingerprint density at radius 2 is 2.00 bits per heavy atom. The highest BCUT2D eigenvalue weighted by atomic mass is 14.5. The molecule has 2 nitrogen and oxygen atoms in total. The van der Waals surface area contributed by atoms with Crippen molar-refractivity contribution in [2.24, 2.45) is 0 Å². The van der Waals surface area contributed by atoms with Crippen molar-refractivity contribution in [2.45, 2.75) is 6.92 Å². The molecule has 0 bridgehead atoms. The summed E-state index contributed by atoms with van der Waals surface area (Å²) in [5, 5.41) is 8.77. The molecular formula is C14H14N2. The van der Waals surface area contributed by atoms with Crippen molar-refractivity contribution in [2.75, 3.05) is 5.73 Å². The van der Waals surface area contributed by atoms with Gasteiger partial charge in [-0.05, 0) is 36.8 Å². The lowest BCUT2D eigenvalue weighted by Crippen LogP contribution is -1.82. The maximum absolute atomic E-state index is 8.77. The van der Waals surface area contributed by atoms with E-state index in [9.17, 15) is 0 Å². The normalized spacial score (nSPS) is 12.1. The van der Waals surface area contributed by atoms with Crippen LogP contribution in [-0.4, -0.2) is 0 Å². The van der Waals surface area contributed by atoms with Gasteiger partial charge < -0.3 is 5.73 Å². The first kappa shape index (κ1) is 11.8. The van der Waals surface area contributed by atoms with Gasteiger partial charge >= 0.3 is 0 Å². The number of hydrogen-bond donors (Lipinski definition) is 1. The van der Waals surface area contributed by atoms with Gasteiger partial charge in [-0.25, -0.2) is 0 Å². The predicted octanol–water partition coefficient (Wildman–Crippen LogP) is 3.31. The third-order valence-electron chi connectivity index (χ3n) is 1.98. The maximum Gasteiger partial charge on any atom is 0.0991 e. The first-order valence-corrected chi connectivity index (χ1v) is 5.03. The molecule has 0 aliphatic rings. The first-order valence-electron chi connectivity index (χ1n) is 5.03. The average Bonchev–Trinajstić information content (AvgIpc) is 2.30. The zero-order valence-corrected chi connectivity index (χ0v) is 9.22. The molecular weight excluding hydrogens is 196 g/mol. The van der Waals surface area contributed by atoms with Gasteiger partial charge in [0.25, 0.3) is 0 Å². The Balaban J connectivity index is 2.74. The average molecular weight is 210 g/mol. The fourth-order valence-electron chi connectivity index (χ4n) is 1.18. The van der Waals surface area contributed by atoms with Crippen LogP contribution in [0.1, 0.15) is 12.5 Å². The van der Waals surface area contributed by atoms with E-state index in [1.54, 1.807) is 12.2 Å². The van der Waals surface area contributed by atoms with Gasteiger partial charge in [-0.3, -0.25) is 0 Å². The largest absolute Gasteiger partial charge is 0.399 e. The van der Waals surface area contributed by atoms with Crippen LogP contribution in [-0.2, 0) is 0 Å². The Morgan fingerprint density at radius 1 is 1.31 bits per heavy atom. The molecule has 0 aliphatic carbocycles. The topological polar surface area (TPSA) is 49.8 Å². The third-order valence-corrected chi connectivity index (χ3v) is 1.98. The zero-order chi connectivity index (χ0) is 11.8. The summed E-state index contributed by atoms with van der Waals surface area (Å²) in [6, 6.07) is 9.66. The predicted molar refractivity (Wildman–Crippen MR) is 68.4 cm³/mol. The van der Waals surface area contributed by atoms with Crippen molar-refractivity contribution in [3.05, 3.63) is 59.7 Å². The van der Waals surface area contributed by atoms with E-state index in [0.29, 0.717) is 5.57 Å². The second-order valence-electron chi connectivity index (χ2n) is 3.26. The molecule has 16 heavy (non-hydrogen) atoms. The van der Waals surface area contributed by atoms with Crippen LogP contribution in [0.5, 0.6) is 0 Å². The zero-order valence-electron chi connectivity index (χ0n) is 9.22. The van der Waals surface area contributed by atoms with Crippen LogP contribution in [0.2, 0.25) is 0 Å². The van der Waals surface area contributed by atoms with Crippen LogP contribution in [0.15, 0.2) is 54.1 Å². The molecule has 80 valence electrons. The van der Waals surface area contributed by atoms with Crippen LogP contribution >= 0.6 is 0 Å². The molecule has 1 aromatic rings. The van der Waals surface area contributed by atoms with Gasteiger partial charge in [0.2, 0.25) is 0 Å². The molecule has 0 unspecified atom stereocenters. The minimum absolute atomic E-state index is 0.634. The summed E-state index contributed by atoms with van der Waals surface area (Å²) >= 11 is 0.